The Morgan fingerprint density at radius 2 is 1.90 bits per heavy atom. The number of nitrogens with zero attached hydrogens (tertiary/aromatic N) is 4. The highest BCUT2D eigenvalue weighted by Crippen LogP contribution is 2.32. The lowest BCUT2D eigenvalue weighted by Crippen LogP contribution is -2.43. The molecule has 0 spiro atoms. The molecule has 8 nitrogen and oxygen atoms in total. The zero-order chi connectivity index (χ0) is 20.5. The Hall–Kier alpha value is -3.26. The van der Waals surface area contributed by atoms with Crippen molar-refractivity contribution in [3.63, 3.8) is 0 Å². The van der Waals surface area contributed by atoms with Crippen molar-refractivity contribution in [1.29, 1.82) is 0 Å². The predicted molar refractivity (Wildman–Crippen MR) is 108 cm³/mol. The first kappa shape index (κ1) is 19.1. The number of imide groups is 1. The van der Waals surface area contributed by atoms with E-state index >= 15 is 0 Å². The molecule has 0 radical (unpaired) electrons. The van der Waals surface area contributed by atoms with Crippen LogP contribution in [-0.2, 0) is 20.8 Å². The number of carbonyl (C=O) groups is 3. The van der Waals surface area contributed by atoms with Crippen molar-refractivity contribution in [1.82, 2.24) is 5.01 Å². The third-order valence-corrected chi connectivity index (χ3v) is 5.11. The summed E-state index contributed by atoms with van der Waals surface area (Å²) >= 11 is 5.92. The molecule has 0 bridgehead atoms. The van der Waals surface area contributed by atoms with E-state index in [1.807, 2.05) is 19.1 Å². The number of hydrogen-bond acceptors (Lipinski definition) is 6. The normalized spacial score (nSPS) is 20.3. The number of rotatable bonds is 5. The minimum atomic E-state index is -0.938. The number of fused-ring (bicyclic) bond motifs is 1. The fourth-order valence-electron chi connectivity index (χ4n) is 3.40. The number of hydrogen-bond donors (Lipinski definition) is 1. The van der Waals surface area contributed by atoms with E-state index in [1.165, 1.54) is 5.01 Å². The van der Waals surface area contributed by atoms with Crippen molar-refractivity contribution in [2.75, 3.05) is 16.8 Å². The van der Waals surface area contributed by atoms with Crippen LogP contribution in [0.5, 0.6) is 0 Å². The number of aryl methyl sites for hydroxylation is 1. The molecule has 0 aromatic heterocycles. The average Bonchev–Trinajstić information content (AvgIpc) is 3.22. The maximum atomic E-state index is 12.9. The van der Waals surface area contributed by atoms with E-state index < -0.39 is 29.8 Å². The zero-order valence-electron chi connectivity index (χ0n) is 15.6. The van der Waals surface area contributed by atoms with E-state index in [4.69, 9.17) is 11.6 Å². The van der Waals surface area contributed by atoms with Crippen LogP contribution in [0.2, 0.25) is 5.02 Å². The Kier molecular flexibility index (Phi) is 5.02. The zero-order valence-corrected chi connectivity index (χ0v) is 16.3. The van der Waals surface area contributed by atoms with Gasteiger partial charge < -0.3 is 5.32 Å². The molecule has 1 saturated heterocycles. The molecule has 0 saturated carbocycles. The summed E-state index contributed by atoms with van der Waals surface area (Å²) in [5.41, 5.74) is 2.12. The van der Waals surface area contributed by atoms with Gasteiger partial charge >= 0.3 is 0 Å². The van der Waals surface area contributed by atoms with Crippen LogP contribution in [0.3, 0.4) is 0 Å². The summed E-state index contributed by atoms with van der Waals surface area (Å²) in [6.07, 6.45) is 0.858. The summed E-state index contributed by atoms with van der Waals surface area (Å²) in [5.74, 6) is -1.27. The van der Waals surface area contributed by atoms with Crippen LogP contribution in [0, 0.1) is 0 Å². The van der Waals surface area contributed by atoms with E-state index in [-0.39, 0.29) is 6.54 Å². The van der Waals surface area contributed by atoms with Gasteiger partial charge in [0.2, 0.25) is 5.91 Å². The van der Waals surface area contributed by atoms with E-state index in [0.717, 1.165) is 16.9 Å². The van der Waals surface area contributed by atoms with E-state index in [0.29, 0.717) is 16.4 Å². The molecule has 1 N–H and O–H groups in total. The van der Waals surface area contributed by atoms with E-state index in [2.05, 4.69) is 15.7 Å². The van der Waals surface area contributed by atoms with Crippen LogP contribution >= 0.6 is 11.6 Å². The van der Waals surface area contributed by atoms with Crippen LogP contribution in [-0.4, -0.2) is 41.4 Å². The summed E-state index contributed by atoms with van der Waals surface area (Å²) in [6.45, 7) is 1.82. The monoisotopic (exact) mass is 411 g/mol. The predicted octanol–water partition coefficient (Wildman–Crippen LogP) is 2.83. The SMILES string of the molecule is CCc1ccc(N2C(=O)C3N=NN(CC(=O)Nc4cccc(Cl)c4)C3C2=O)cc1. The third-order valence-electron chi connectivity index (χ3n) is 4.87. The first-order valence-electron chi connectivity index (χ1n) is 9.17. The van der Waals surface area contributed by atoms with Crippen LogP contribution < -0.4 is 10.2 Å². The second-order valence-electron chi connectivity index (χ2n) is 6.78. The van der Waals surface area contributed by atoms with Crippen molar-refractivity contribution in [2.24, 2.45) is 10.3 Å². The molecular formula is C20H18ClN5O3. The van der Waals surface area contributed by atoms with Crippen molar-refractivity contribution < 1.29 is 14.4 Å². The Labute approximate surface area is 172 Å². The maximum Gasteiger partial charge on any atom is 0.263 e. The number of nitrogens with one attached hydrogen (secondary N) is 1. The summed E-state index contributed by atoms with van der Waals surface area (Å²) in [5, 5.41) is 12.3. The van der Waals surface area contributed by atoms with E-state index in [9.17, 15) is 14.4 Å². The number of benzene rings is 2. The second-order valence-corrected chi connectivity index (χ2v) is 7.22. The Balaban J connectivity index is 1.48. The highest BCUT2D eigenvalue weighted by Gasteiger charge is 2.55. The number of carbonyl (C=O) groups excluding carboxylic acids is 3. The maximum absolute atomic E-state index is 12.9. The van der Waals surface area contributed by atoms with Gasteiger partial charge in [-0.1, -0.05) is 41.9 Å². The molecule has 2 aliphatic heterocycles. The van der Waals surface area contributed by atoms with Crippen molar-refractivity contribution in [3.05, 3.63) is 59.1 Å². The van der Waals surface area contributed by atoms with Crippen LogP contribution in [0.25, 0.3) is 0 Å². The molecule has 2 heterocycles. The quantitative estimate of drug-likeness (QED) is 0.765. The van der Waals surface area contributed by atoms with E-state index in [1.54, 1.807) is 36.4 Å². The molecule has 29 heavy (non-hydrogen) atoms. The van der Waals surface area contributed by atoms with Gasteiger partial charge in [0.1, 0.15) is 6.54 Å². The van der Waals surface area contributed by atoms with Gasteiger partial charge in [-0.15, -0.1) is 0 Å². The lowest BCUT2D eigenvalue weighted by molar-refractivity contribution is -0.123. The standard InChI is InChI=1S/C20H18ClN5O3/c1-2-12-6-8-15(9-7-12)26-19(28)17-18(20(26)29)25(24-23-17)11-16(27)22-14-5-3-4-13(21)10-14/h3-10,17-18H,2,11H2,1H3,(H,22,27). The summed E-state index contributed by atoms with van der Waals surface area (Å²) < 4.78 is 0. The minimum Gasteiger partial charge on any atom is -0.324 e. The molecule has 3 amide bonds. The fourth-order valence-corrected chi connectivity index (χ4v) is 3.59. The lowest BCUT2D eigenvalue weighted by atomic mass is 10.1. The van der Waals surface area contributed by atoms with Crippen LogP contribution in [0.4, 0.5) is 11.4 Å². The van der Waals surface area contributed by atoms with Crippen molar-refractivity contribution >= 4 is 40.7 Å². The number of anilines is 2. The molecule has 2 unspecified atom stereocenters. The van der Waals surface area contributed by atoms with Gasteiger partial charge in [0.25, 0.3) is 11.8 Å². The van der Waals surface area contributed by atoms with Gasteiger partial charge in [0.15, 0.2) is 12.1 Å². The van der Waals surface area contributed by atoms with Crippen LogP contribution in [0.1, 0.15) is 12.5 Å². The Bertz CT molecular complexity index is 1010. The first-order valence-corrected chi connectivity index (χ1v) is 9.55. The minimum absolute atomic E-state index is 0.210. The smallest absolute Gasteiger partial charge is 0.263 e. The van der Waals surface area contributed by atoms with Gasteiger partial charge in [-0.2, -0.15) is 5.11 Å². The molecule has 4 rings (SSSR count). The number of halogens is 1. The summed E-state index contributed by atoms with van der Waals surface area (Å²) in [7, 11) is 0. The molecule has 2 aromatic carbocycles. The molecule has 2 atom stereocenters. The highest BCUT2D eigenvalue weighted by molar-refractivity contribution is 6.31. The van der Waals surface area contributed by atoms with Gasteiger partial charge in [0, 0.05) is 10.7 Å². The molecule has 148 valence electrons. The van der Waals surface area contributed by atoms with Gasteiger partial charge in [0.05, 0.1) is 5.69 Å². The molecule has 1 fully saturated rings. The van der Waals surface area contributed by atoms with Crippen molar-refractivity contribution in [2.45, 2.75) is 25.4 Å². The molecule has 2 aromatic rings. The van der Waals surface area contributed by atoms with Crippen molar-refractivity contribution in [3.8, 4) is 0 Å². The third kappa shape index (κ3) is 3.58. The average molecular weight is 412 g/mol. The Morgan fingerprint density at radius 1 is 1.14 bits per heavy atom. The Morgan fingerprint density at radius 3 is 2.59 bits per heavy atom. The largest absolute Gasteiger partial charge is 0.324 e. The lowest BCUT2D eigenvalue weighted by Gasteiger charge is -2.20. The van der Waals surface area contributed by atoms with Crippen LogP contribution in [0.15, 0.2) is 58.9 Å². The van der Waals surface area contributed by atoms with Gasteiger partial charge in [-0.05, 0) is 42.3 Å². The van der Waals surface area contributed by atoms with Gasteiger partial charge in [-0.3, -0.25) is 19.4 Å². The van der Waals surface area contributed by atoms with Gasteiger partial charge in [-0.25, -0.2) is 4.90 Å². The molecule has 0 aliphatic carbocycles. The fraction of sp³-hybridized carbons (Fsp3) is 0.250. The number of amides is 3. The molecular weight excluding hydrogens is 394 g/mol. The topological polar surface area (TPSA) is 94.4 Å². The summed E-state index contributed by atoms with van der Waals surface area (Å²) in [6, 6.07) is 12.1. The summed E-state index contributed by atoms with van der Waals surface area (Å²) in [4.78, 5) is 39.2. The molecule has 9 heteroatoms. The second kappa shape index (κ2) is 7.63. The first-order chi connectivity index (χ1) is 14.0. The molecule has 2 aliphatic rings. The highest BCUT2D eigenvalue weighted by atomic mass is 35.5.